The van der Waals surface area contributed by atoms with Gasteiger partial charge in [-0.25, -0.2) is 4.79 Å². The van der Waals surface area contributed by atoms with E-state index >= 15 is 0 Å². The molecular formula is C16H18N2O3. The number of nitrogens with two attached hydrogens (primary N) is 1. The van der Waals surface area contributed by atoms with Gasteiger partial charge in [0.25, 0.3) is 0 Å². The zero-order chi connectivity index (χ0) is 15.2. The maximum atomic E-state index is 12.2. The van der Waals surface area contributed by atoms with Crippen LogP contribution in [0.5, 0.6) is 5.75 Å². The number of benzene rings is 1. The fraction of sp³-hybridized carbons (Fsp3) is 0.250. The molecule has 2 aromatic rings. The van der Waals surface area contributed by atoms with Crippen molar-refractivity contribution in [3.05, 3.63) is 53.3 Å². The standard InChI is InChI=1S/C16H18N2O3/c1-3-20-15-12(7-4-8-13(15)17)16(19)21-10-14-11(2)6-5-9-18-14/h4-9H,3,10,17H2,1-2H3. The van der Waals surface area contributed by atoms with Gasteiger partial charge in [-0.2, -0.15) is 0 Å². The highest BCUT2D eigenvalue weighted by molar-refractivity contribution is 5.94. The average Bonchev–Trinajstić information content (AvgIpc) is 2.48. The first-order chi connectivity index (χ1) is 10.1. The van der Waals surface area contributed by atoms with E-state index in [4.69, 9.17) is 15.2 Å². The van der Waals surface area contributed by atoms with E-state index in [0.717, 1.165) is 11.3 Å². The summed E-state index contributed by atoms with van der Waals surface area (Å²) in [5.41, 5.74) is 8.28. The van der Waals surface area contributed by atoms with Gasteiger partial charge in [-0.05, 0) is 37.6 Å². The number of nitrogens with zero attached hydrogens (tertiary/aromatic N) is 1. The van der Waals surface area contributed by atoms with Gasteiger partial charge in [0, 0.05) is 6.20 Å². The normalized spacial score (nSPS) is 10.2. The van der Waals surface area contributed by atoms with E-state index in [2.05, 4.69) is 4.98 Å². The molecule has 0 radical (unpaired) electrons. The highest BCUT2D eigenvalue weighted by atomic mass is 16.5. The van der Waals surface area contributed by atoms with Crippen molar-refractivity contribution in [2.45, 2.75) is 20.5 Å². The lowest BCUT2D eigenvalue weighted by Gasteiger charge is -2.12. The maximum absolute atomic E-state index is 12.2. The maximum Gasteiger partial charge on any atom is 0.342 e. The van der Waals surface area contributed by atoms with Crippen LogP contribution < -0.4 is 10.5 Å². The van der Waals surface area contributed by atoms with Crippen molar-refractivity contribution in [2.24, 2.45) is 0 Å². The highest BCUT2D eigenvalue weighted by Gasteiger charge is 2.16. The second-order valence-corrected chi connectivity index (χ2v) is 4.50. The molecule has 0 unspecified atom stereocenters. The number of hydrogen-bond acceptors (Lipinski definition) is 5. The van der Waals surface area contributed by atoms with Crippen molar-refractivity contribution in [3.8, 4) is 5.75 Å². The molecule has 2 N–H and O–H groups in total. The number of ether oxygens (including phenoxy) is 2. The van der Waals surface area contributed by atoms with Crippen LogP contribution in [0.2, 0.25) is 0 Å². The molecule has 110 valence electrons. The van der Waals surface area contributed by atoms with Crippen LogP contribution in [-0.4, -0.2) is 17.6 Å². The van der Waals surface area contributed by atoms with Crippen LogP contribution >= 0.6 is 0 Å². The van der Waals surface area contributed by atoms with Crippen LogP contribution in [0.4, 0.5) is 5.69 Å². The largest absolute Gasteiger partial charge is 0.491 e. The summed E-state index contributed by atoms with van der Waals surface area (Å²) in [6.45, 7) is 4.29. The van der Waals surface area contributed by atoms with Crippen molar-refractivity contribution in [1.29, 1.82) is 0 Å². The topological polar surface area (TPSA) is 74.4 Å². The first kappa shape index (κ1) is 14.8. The van der Waals surface area contributed by atoms with Crippen molar-refractivity contribution in [3.63, 3.8) is 0 Å². The van der Waals surface area contributed by atoms with Crippen LogP contribution in [0.1, 0.15) is 28.5 Å². The van der Waals surface area contributed by atoms with Gasteiger partial charge < -0.3 is 15.2 Å². The second-order valence-electron chi connectivity index (χ2n) is 4.50. The van der Waals surface area contributed by atoms with Gasteiger partial charge in [0.15, 0.2) is 5.75 Å². The number of carbonyl (C=O) groups excluding carboxylic acids is 1. The number of nitrogen functional groups attached to an aromatic ring is 1. The van der Waals surface area contributed by atoms with Gasteiger partial charge in [0.1, 0.15) is 12.2 Å². The van der Waals surface area contributed by atoms with Gasteiger partial charge in [0.05, 0.1) is 18.0 Å². The van der Waals surface area contributed by atoms with E-state index in [1.807, 2.05) is 26.0 Å². The Labute approximate surface area is 123 Å². The summed E-state index contributed by atoms with van der Waals surface area (Å²) in [6.07, 6.45) is 1.67. The Balaban J connectivity index is 2.14. The molecule has 0 aliphatic carbocycles. The number of esters is 1. The van der Waals surface area contributed by atoms with E-state index in [9.17, 15) is 4.79 Å². The molecule has 5 nitrogen and oxygen atoms in total. The summed E-state index contributed by atoms with van der Waals surface area (Å²) >= 11 is 0. The lowest BCUT2D eigenvalue weighted by molar-refractivity contribution is 0.0463. The smallest absolute Gasteiger partial charge is 0.342 e. The minimum Gasteiger partial charge on any atom is -0.491 e. The Hall–Kier alpha value is -2.56. The lowest BCUT2D eigenvalue weighted by atomic mass is 10.1. The van der Waals surface area contributed by atoms with Crippen molar-refractivity contribution in [2.75, 3.05) is 12.3 Å². The molecule has 0 bridgehead atoms. The third kappa shape index (κ3) is 3.51. The third-order valence-electron chi connectivity index (χ3n) is 3.01. The molecule has 1 aromatic heterocycles. The molecule has 5 heteroatoms. The number of carbonyl (C=O) groups is 1. The molecule has 1 heterocycles. The van der Waals surface area contributed by atoms with Gasteiger partial charge in [-0.3, -0.25) is 4.98 Å². The van der Waals surface area contributed by atoms with E-state index < -0.39 is 5.97 Å². The van der Waals surface area contributed by atoms with Gasteiger partial charge in [-0.15, -0.1) is 0 Å². The fourth-order valence-electron chi connectivity index (χ4n) is 1.90. The second kappa shape index (κ2) is 6.74. The van der Waals surface area contributed by atoms with E-state index in [1.54, 1.807) is 24.4 Å². The molecule has 0 aliphatic heterocycles. The number of aryl methyl sites for hydroxylation is 1. The minimum atomic E-state index is -0.476. The molecule has 0 amide bonds. The number of pyridine rings is 1. The molecule has 0 saturated carbocycles. The van der Waals surface area contributed by atoms with Crippen molar-refractivity contribution in [1.82, 2.24) is 4.98 Å². The third-order valence-corrected chi connectivity index (χ3v) is 3.01. The molecule has 0 spiro atoms. The van der Waals surface area contributed by atoms with Gasteiger partial charge in [0.2, 0.25) is 0 Å². The van der Waals surface area contributed by atoms with Gasteiger partial charge in [-0.1, -0.05) is 12.1 Å². The zero-order valence-corrected chi connectivity index (χ0v) is 12.1. The van der Waals surface area contributed by atoms with Crippen LogP contribution in [0, 0.1) is 6.92 Å². The Bertz CT molecular complexity index is 641. The number of para-hydroxylation sites is 1. The SMILES string of the molecule is CCOc1c(N)cccc1C(=O)OCc1ncccc1C. The quantitative estimate of drug-likeness (QED) is 0.675. The molecule has 2 rings (SSSR count). The summed E-state index contributed by atoms with van der Waals surface area (Å²) < 4.78 is 10.7. The van der Waals surface area contributed by atoms with Crippen LogP contribution in [0.15, 0.2) is 36.5 Å². The first-order valence-corrected chi connectivity index (χ1v) is 6.72. The van der Waals surface area contributed by atoms with Crippen LogP contribution in [-0.2, 0) is 11.3 Å². The van der Waals surface area contributed by atoms with Crippen LogP contribution in [0.3, 0.4) is 0 Å². The molecule has 21 heavy (non-hydrogen) atoms. The summed E-state index contributed by atoms with van der Waals surface area (Å²) in [6, 6.07) is 8.77. The highest BCUT2D eigenvalue weighted by Crippen LogP contribution is 2.27. The molecule has 0 fully saturated rings. The summed E-state index contributed by atoms with van der Waals surface area (Å²) in [5, 5.41) is 0. The molecule has 0 saturated heterocycles. The van der Waals surface area contributed by atoms with E-state index in [0.29, 0.717) is 23.6 Å². The summed E-state index contributed by atoms with van der Waals surface area (Å²) in [5.74, 6) is -0.112. The predicted octanol–water partition coefficient (Wildman–Crippen LogP) is 2.73. The Morgan fingerprint density at radius 2 is 2.10 bits per heavy atom. The lowest BCUT2D eigenvalue weighted by Crippen LogP contribution is -2.10. The number of aromatic nitrogens is 1. The molecule has 0 aliphatic rings. The summed E-state index contributed by atoms with van der Waals surface area (Å²) in [7, 11) is 0. The predicted molar refractivity (Wildman–Crippen MR) is 80.1 cm³/mol. The monoisotopic (exact) mass is 286 g/mol. The van der Waals surface area contributed by atoms with Crippen LogP contribution in [0.25, 0.3) is 0 Å². The van der Waals surface area contributed by atoms with Crippen molar-refractivity contribution < 1.29 is 14.3 Å². The van der Waals surface area contributed by atoms with E-state index in [-0.39, 0.29) is 6.61 Å². The zero-order valence-electron chi connectivity index (χ0n) is 12.1. The van der Waals surface area contributed by atoms with Gasteiger partial charge >= 0.3 is 5.97 Å². The Morgan fingerprint density at radius 1 is 1.29 bits per heavy atom. The number of hydrogen-bond donors (Lipinski definition) is 1. The minimum absolute atomic E-state index is 0.117. The Morgan fingerprint density at radius 3 is 2.81 bits per heavy atom. The molecule has 1 aromatic carbocycles. The first-order valence-electron chi connectivity index (χ1n) is 6.72. The Kier molecular flexibility index (Phi) is 4.77. The fourth-order valence-corrected chi connectivity index (χ4v) is 1.90. The average molecular weight is 286 g/mol. The number of anilines is 1. The van der Waals surface area contributed by atoms with E-state index in [1.165, 1.54) is 0 Å². The summed E-state index contributed by atoms with van der Waals surface area (Å²) in [4.78, 5) is 16.4. The number of rotatable bonds is 5. The van der Waals surface area contributed by atoms with Crippen molar-refractivity contribution >= 4 is 11.7 Å². The molecule has 0 atom stereocenters. The molecular weight excluding hydrogens is 268 g/mol.